The molecule has 1 unspecified atom stereocenters. The smallest absolute Gasteiger partial charge is 0.381 e. The SMILES string of the molecule is O=C(NCCCC1CCOC1)NCc1nnc2ccc(C(F)(F)F)cn12. The monoisotopic (exact) mass is 371 g/mol. The lowest BCUT2D eigenvalue weighted by Gasteiger charge is -2.10. The Morgan fingerprint density at radius 1 is 1.31 bits per heavy atom. The van der Waals surface area contributed by atoms with Crippen molar-refractivity contribution in [2.45, 2.75) is 32.0 Å². The van der Waals surface area contributed by atoms with E-state index in [1.807, 2.05) is 0 Å². The molecule has 0 aliphatic carbocycles. The molecule has 0 bridgehead atoms. The van der Waals surface area contributed by atoms with Crippen molar-refractivity contribution in [3.63, 3.8) is 0 Å². The molecule has 1 fully saturated rings. The number of nitrogens with zero attached hydrogens (tertiary/aromatic N) is 3. The predicted molar refractivity (Wildman–Crippen MR) is 86.4 cm³/mol. The number of hydrogen-bond acceptors (Lipinski definition) is 4. The van der Waals surface area contributed by atoms with Crippen LogP contribution in [0.4, 0.5) is 18.0 Å². The third-order valence-electron chi connectivity index (χ3n) is 4.31. The van der Waals surface area contributed by atoms with Crippen molar-refractivity contribution >= 4 is 11.7 Å². The number of rotatable bonds is 6. The highest BCUT2D eigenvalue weighted by Crippen LogP contribution is 2.29. The van der Waals surface area contributed by atoms with Gasteiger partial charge in [0.15, 0.2) is 11.5 Å². The van der Waals surface area contributed by atoms with Crippen LogP contribution in [-0.4, -0.2) is 40.4 Å². The maximum atomic E-state index is 12.8. The van der Waals surface area contributed by atoms with Gasteiger partial charge >= 0.3 is 12.2 Å². The number of ether oxygens (including phenoxy) is 1. The summed E-state index contributed by atoms with van der Waals surface area (Å²) in [4.78, 5) is 11.8. The number of halogens is 3. The van der Waals surface area contributed by atoms with Crippen LogP contribution in [0, 0.1) is 5.92 Å². The van der Waals surface area contributed by atoms with E-state index < -0.39 is 17.8 Å². The summed E-state index contributed by atoms with van der Waals surface area (Å²) in [6.45, 7) is 2.10. The van der Waals surface area contributed by atoms with Crippen molar-refractivity contribution in [2.75, 3.05) is 19.8 Å². The zero-order chi connectivity index (χ0) is 18.6. The van der Waals surface area contributed by atoms with Gasteiger partial charge < -0.3 is 15.4 Å². The molecule has 3 rings (SSSR count). The summed E-state index contributed by atoms with van der Waals surface area (Å²) in [7, 11) is 0. The van der Waals surface area contributed by atoms with Gasteiger partial charge in [0.1, 0.15) is 0 Å². The normalized spacial score (nSPS) is 17.6. The second-order valence-electron chi connectivity index (χ2n) is 6.24. The number of carbonyl (C=O) groups is 1. The second kappa shape index (κ2) is 7.90. The molecule has 0 aromatic carbocycles. The Bertz CT molecular complexity index is 756. The molecule has 1 aliphatic rings. The fraction of sp³-hybridized carbons (Fsp3) is 0.562. The topological polar surface area (TPSA) is 80.5 Å². The first-order valence-corrected chi connectivity index (χ1v) is 8.44. The number of aromatic nitrogens is 3. The first-order chi connectivity index (χ1) is 12.4. The number of hydrogen-bond donors (Lipinski definition) is 2. The Morgan fingerprint density at radius 3 is 2.88 bits per heavy atom. The Hall–Kier alpha value is -2.36. The van der Waals surface area contributed by atoms with Gasteiger partial charge in [-0.3, -0.25) is 4.40 Å². The standard InChI is InChI=1S/C16H20F3N5O2/c17-16(18,19)12-3-4-13-22-23-14(24(13)9-12)8-21-15(25)20-6-1-2-11-5-7-26-10-11/h3-4,9,11H,1-2,5-8,10H2,(H2,20,21,25). The third-order valence-corrected chi connectivity index (χ3v) is 4.31. The highest BCUT2D eigenvalue weighted by atomic mass is 19.4. The summed E-state index contributed by atoms with van der Waals surface area (Å²) in [6.07, 6.45) is -0.621. The van der Waals surface area contributed by atoms with Gasteiger partial charge in [-0.2, -0.15) is 13.2 Å². The zero-order valence-electron chi connectivity index (χ0n) is 14.1. The van der Waals surface area contributed by atoms with Crippen molar-refractivity contribution in [2.24, 2.45) is 5.92 Å². The number of urea groups is 1. The largest absolute Gasteiger partial charge is 0.417 e. The molecule has 1 saturated heterocycles. The molecule has 26 heavy (non-hydrogen) atoms. The number of fused-ring (bicyclic) bond motifs is 1. The average Bonchev–Trinajstić information content (AvgIpc) is 3.25. The summed E-state index contributed by atoms with van der Waals surface area (Å²) in [5, 5.41) is 12.9. The molecule has 2 N–H and O–H groups in total. The van der Waals surface area contributed by atoms with E-state index in [9.17, 15) is 18.0 Å². The lowest BCUT2D eigenvalue weighted by Crippen LogP contribution is -2.36. The fourth-order valence-electron chi connectivity index (χ4n) is 2.85. The molecular weight excluding hydrogens is 351 g/mol. The molecule has 1 atom stereocenters. The number of pyridine rings is 1. The van der Waals surface area contributed by atoms with Crippen molar-refractivity contribution in [3.05, 3.63) is 29.7 Å². The van der Waals surface area contributed by atoms with Gasteiger partial charge in [0.05, 0.1) is 12.1 Å². The Labute approximate surface area is 147 Å². The van der Waals surface area contributed by atoms with E-state index in [0.717, 1.165) is 44.7 Å². The Balaban J connectivity index is 1.48. The number of carbonyl (C=O) groups excluding carboxylic acids is 1. The molecule has 3 heterocycles. The van der Waals surface area contributed by atoms with Crippen LogP contribution in [0.2, 0.25) is 0 Å². The molecular formula is C16H20F3N5O2. The molecule has 0 spiro atoms. The first-order valence-electron chi connectivity index (χ1n) is 8.44. The van der Waals surface area contributed by atoms with Gasteiger partial charge in [0.25, 0.3) is 0 Å². The Kier molecular flexibility index (Phi) is 5.60. The van der Waals surface area contributed by atoms with Crippen LogP contribution >= 0.6 is 0 Å². The summed E-state index contributed by atoms with van der Waals surface area (Å²) >= 11 is 0. The molecule has 0 radical (unpaired) electrons. The molecule has 2 aromatic rings. The molecule has 2 aromatic heterocycles. The van der Waals surface area contributed by atoms with E-state index in [0.29, 0.717) is 12.5 Å². The highest BCUT2D eigenvalue weighted by molar-refractivity contribution is 5.73. The lowest BCUT2D eigenvalue weighted by molar-refractivity contribution is -0.137. The van der Waals surface area contributed by atoms with Crippen molar-refractivity contribution in [1.29, 1.82) is 0 Å². The number of amides is 2. The van der Waals surface area contributed by atoms with E-state index in [1.165, 1.54) is 10.5 Å². The Morgan fingerprint density at radius 2 is 2.15 bits per heavy atom. The summed E-state index contributed by atoms with van der Waals surface area (Å²) in [5.74, 6) is 0.786. The average molecular weight is 371 g/mol. The first kappa shape index (κ1) is 18.4. The minimum Gasteiger partial charge on any atom is -0.381 e. The van der Waals surface area contributed by atoms with E-state index >= 15 is 0 Å². The summed E-state index contributed by atoms with van der Waals surface area (Å²) in [5.41, 5.74) is -0.514. The summed E-state index contributed by atoms with van der Waals surface area (Å²) < 4.78 is 45.0. The van der Waals surface area contributed by atoms with Crippen molar-refractivity contribution in [3.8, 4) is 0 Å². The van der Waals surface area contributed by atoms with Crippen molar-refractivity contribution < 1.29 is 22.7 Å². The van der Waals surface area contributed by atoms with Gasteiger partial charge in [0, 0.05) is 26.0 Å². The van der Waals surface area contributed by atoms with Crippen LogP contribution in [-0.2, 0) is 17.5 Å². The van der Waals surface area contributed by atoms with Crippen LogP contribution in [0.1, 0.15) is 30.7 Å². The molecule has 7 nitrogen and oxygen atoms in total. The maximum Gasteiger partial charge on any atom is 0.417 e. The number of alkyl halides is 3. The van der Waals surface area contributed by atoms with Gasteiger partial charge in [-0.1, -0.05) is 0 Å². The maximum absolute atomic E-state index is 12.8. The van der Waals surface area contributed by atoms with Crippen LogP contribution in [0.15, 0.2) is 18.3 Å². The van der Waals surface area contributed by atoms with E-state index in [2.05, 4.69) is 20.8 Å². The van der Waals surface area contributed by atoms with Gasteiger partial charge in [-0.25, -0.2) is 4.79 Å². The molecule has 10 heteroatoms. The van der Waals surface area contributed by atoms with Gasteiger partial charge in [-0.05, 0) is 37.3 Å². The van der Waals surface area contributed by atoms with Gasteiger partial charge in [0.2, 0.25) is 0 Å². The molecule has 1 aliphatic heterocycles. The van der Waals surface area contributed by atoms with Gasteiger partial charge in [-0.15, -0.1) is 10.2 Å². The summed E-state index contributed by atoms with van der Waals surface area (Å²) in [6, 6.07) is 1.80. The second-order valence-corrected chi connectivity index (χ2v) is 6.24. The third kappa shape index (κ3) is 4.63. The zero-order valence-corrected chi connectivity index (χ0v) is 14.1. The molecule has 2 amide bonds. The van der Waals surface area contributed by atoms with Crippen LogP contribution in [0.5, 0.6) is 0 Å². The van der Waals surface area contributed by atoms with E-state index in [1.54, 1.807) is 0 Å². The fourth-order valence-corrected chi connectivity index (χ4v) is 2.85. The highest BCUT2D eigenvalue weighted by Gasteiger charge is 2.31. The van der Waals surface area contributed by atoms with Crippen molar-refractivity contribution in [1.82, 2.24) is 25.2 Å². The minimum atomic E-state index is -4.45. The lowest BCUT2D eigenvalue weighted by atomic mass is 10.0. The quantitative estimate of drug-likeness (QED) is 0.764. The minimum absolute atomic E-state index is 0.0230. The van der Waals surface area contributed by atoms with Crippen LogP contribution < -0.4 is 10.6 Å². The predicted octanol–water partition coefficient (Wildman–Crippen LogP) is 2.36. The van der Waals surface area contributed by atoms with E-state index in [4.69, 9.17) is 4.74 Å². The molecule has 142 valence electrons. The number of nitrogens with one attached hydrogen (secondary N) is 2. The van der Waals surface area contributed by atoms with Crippen LogP contribution in [0.25, 0.3) is 5.65 Å². The molecule has 0 saturated carbocycles. The van der Waals surface area contributed by atoms with E-state index in [-0.39, 0.29) is 18.0 Å². The van der Waals surface area contributed by atoms with Crippen LogP contribution in [0.3, 0.4) is 0 Å².